The van der Waals surface area contributed by atoms with Crippen LogP contribution in [-0.2, 0) is 29.0 Å². The predicted octanol–water partition coefficient (Wildman–Crippen LogP) is 3.58. The molecule has 4 N–H and O–H groups in total. The largest absolute Gasteiger partial charge is 0.497 e. The Labute approximate surface area is 235 Å². The van der Waals surface area contributed by atoms with Crippen LogP contribution >= 0.6 is 0 Å². The Morgan fingerprint density at radius 1 is 0.725 bits per heavy atom. The van der Waals surface area contributed by atoms with Gasteiger partial charge in [-0.15, -0.1) is 0 Å². The van der Waals surface area contributed by atoms with Crippen LogP contribution in [0.15, 0.2) is 109 Å². The smallest absolute Gasteiger partial charge is 0.475 e. The van der Waals surface area contributed by atoms with Crippen molar-refractivity contribution in [2.45, 2.75) is 25.3 Å². The van der Waals surface area contributed by atoms with Crippen molar-refractivity contribution in [2.75, 3.05) is 7.11 Å². The third-order valence-electron chi connectivity index (χ3n) is 6.72. The third kappa shape index (κ3) is 8.05. The van der Waals surface area contributed by atoms with E-state index in [1.165, 1.54) is 0 Å². The van der Waals surface area contributed by atoms with E-state index in [1.54, 1.807) is 7.11 Å². The van der Waals surface area contributed by atoms with Crippen molar-refractivity contribution in [1.29, 1.82) is 0 Å². The number of amides is 2. The van der Waals surface area contributed by atoms with Crippen LogP contribution in [0, 0.1) is 5.92 Å². The minimum atomic E-state index is -1.81. The number of methoxy groups -OCH3 is 1. The van der Waals surface area contributed by atoms with Crippen LogP contribution in [-0.4, -0.2) is 42.0 Å². The number of rotatable bonds is 12. The average molecular weight is 536 g/mol. The highest BCUT2D eigenvalue weighted by Gasteiger charge is 2.32. The normalized spacial score (nSPS) is 12.2. The Morgan fingerprint density at radius 2 is 1.32 bits per heavy atom. The fraction of sp³-hybridized carbons (Fsp3) is 0.188. The molecule has 7 nitrogen and oxygen atoms in total. The second-order valence-corrected chi connectivity index (χ2v) is 9.61. The molecule has 0 bridgehead atoms. The molecule has 0 heterocycles. The van der Waals surface area contributed by atoms with Gasteiger partial charge < -0.3 is 25.4 Å². The molecule has 0 saturated carbocycles. The van der Waals surface area contributed by atoms with Crippen LogP contribution in [0.25, 0.3) is 11.1 Å². The number of carbonyl (C=O) groups excluding carboxylic acids is 2. The number of hydrogen-bond donors (Lipinski definition) is 4. The molecular formula is C32H33BN2O5. The van der Waals surface area contributed by atoms with Gasteiger partial charge in [0.2, 0.25) is 11.8 Å². The van der Waals surface area contributed by atoms with Gasteiger partial charge in [-0.05, 0) is 52.8 Å². The lowest BCUT2D eigenvalue weighted by Gasteiger charge is -2.22. The van der Waals surface area contributed by atoms with E-state index in [4.69, 9.17) is 4.74 Å². The first kappa shape index (κ1) is 28.6. The molecule has 0 spiro atoms. The van der Waals surface area contributed by atoms with E-state index < -0.39 is 30.8 Å². The van der Waals surface area contributed by atoms with Gasteiger partial charge in [-0.1, -0.05) is 97.1 Å². The van der Waals surface area contributed by atoms with Gasteiger partial charge in [0.15, 0.2) is 0 Å². The summed E-state index contributed by atoms with van der Waals surface area (Å²) in [5.74, 6) is -2.44. The summed E-state index contributed by atoms with van der Waals surface area (Å²) in [5.41, 5.74) is 4.57. The van der Waals surface area contributed by atoms with Crippen molar-refractivity contribution >= 4 is 18.9 Å². The van der Waals surface area contributed by atoms with Crippen LogP contribution in [0.1, 0.15) is 16.7 Å². The molecule has 0 aliphatic carbocycles. The van der Waals surface area contributed by atoms with Gasteiger partial charge >= 0.3 is 7.12 Å². The molecule has 0 radical (unpaired) electrons. The van der Waals surface area contributed by atoms with Gasteiger partial charge in [0, 0.05) is 6.54 Å². The van der Waals surface area contributed by atoms with Crippen molar-refractivity contribution in [2.24, 2.45) is 5.92 Å². The summed E-state index contributed by atoms with van der Waals surface area (Å²) < 4.78 is 5.25. The summed E-state index contributed by atoms with van der Waals surface area (Å²) in [7, 11) is -0.239. The molecule has 4 aromatic rings. The minimum absolute atomic E-state index is 0.163. The Balaban J connectivity index is 1.46. The molecule has 0 saturated heterocycles. The summed E-state index contributed by atoms with van der Waals surface area (Å²) in [6.45, 7) is 0.217. The number of hydrogen-bond acceptors (Lipinski definition) is 5. The number of nitrogens with one attached hydrogen (secondary N) is 2. The standard InChI is InChI=1S/C32H33BN2O5/c1-40-28-14-8-11-25(19-28)22-34-31(36)29(20-23-9-4-2-5-10-23)32(37)35-30(33(38)39)21-24-15-17-27(18-16-24)26-12-6-3-7-13-26/h2-19,29-30,38-39H,20-22H2,1H3,(H,34,36)(H,35,37)/t29?,30-/m0/s1. The van der Waals surface area contributed by atoms with Crippen molar-refractivity contribution in [3.63, 3.8) is 0 Å². The lowest BCUT2D eigenvalue weighted by atomic mass is 9.75. The van der Waals surface area contributed by atoms with Gasteiger partial charge in [0.1, 0.15) is 11.7 Å². The fourth-order valence-electron chi connectivity index (χ4n) is 4.48. The monoisotopic (exact) mass is 536 g/mol. The zero-order valence-electron chi connectivity index (χ0n) is 22.4. The van der Waals surface area contributed by atoms with Crippen LogP contribution in [0.3, 0.4) is 0 Å². The summed E-state index contributed by atoms with van der Waals surface area (Å²) in [6.07, 6.45) is 0.346. The average Bonchev–Trinajstić information content (AvgIpc) is 2.99. The van der Waals surface area contributed by atoms with E-state index in [1.807, 2.05) is 109 Å². The van der Waals surface area contributed by atoms with E-state index in [2.05, 4.69) is 10.6 Å². The Hall–Kier alpha value is -4.40. The lowest BCUT2D eigenvalue weighted by Crippen LogP contribution is -2.52. The molecule has 2 atom stereocenters. The summed E-state index contributed by atoms with van der Waals surface area (Å²) in [6, 6.07) is 34.2. The van der Waals surface area contributed by atoms with E-state index in [0.717, 1.165) is 27.8 Å². The lowest BCUT2D eigenvalue weighted by molar-refractivity contribution is -0.135. The van der Waals surface area contributed by atoms with E-state index in [9.17, 15) is 19.6 Å². The zero-order valence-corrected chi connectivity index (χ0v) is 22.4. The van der Waals surface area contributed by atoms with Gasteiger partial charge in [0.25, 0.3) is 0 Å². The number of ether oxygens (including phenoxy) is 1. The molecule has 8 heteroatoms. The van der Waals surface area contributed by atoms with Crippen LogP contribution in [0.5, 0.6) is 5.75 Å². The Morgan fingerprint density at radius 3 is 1.98 bits per heavy atom. The summed E-state index contributed by atoms with van der Waals surface area (Å²) >= 11 is 0. The fourth-order valence-corrected chi connectivity index (χ4v) is 4.48. The Kier molecular flexibility index (Phi) is 10.1. The van der Waals surface area contributed by atoms with Crippen molar-refractivity contribution in [1.82, 2.24) is 10.6 Å². The summed E-state index contributed by atoms with van der Waals surface area (Å²) in [4.78, 5) is 26.7. The van der Waals surface area contributed by atoms with Crippen LogP contribution in [0.4, 0.5) is 0 Å². The van der Waals surface area contributed by atoms with E-state index >= 15 is 0 Å². The van der Waals surface area contributed by atoms with E-state index in [0.29, 0.717) is 5.75 Å². The SMILES string of the molecule is COc1cccc(CNC(=O)C(Cc2ccccc2)C(=O)N[C@@H](Cc2ccc(-c3ccccc3)cc2)B(O)O)c1. The maximum absolute atomic E-state index is 13.4. The molecule has 4 aromatic carbocycles. The molecule has 0 aromatic heterocycles. The van der Waals surface area contributed by atoms with Gasteiger partial charge in [0.05, 0.1) is 13.1 Å². The molecule has 204 valence electrons. The van der Waals surface area contributed by atoms with Crippen molar-refractivity contribution in [3.8, 4) is 16.9 Å². The molecule has 4 rings (SSSR count). The minimum Gasteiger partial charge on any atom is -0.497 e. The third-order valence-corrected chi connectivity index (χ3v) is 6.72. The molecule has 1 unspecified atom stereocenters. The molecule has 2 amide bonds. The molecule has 0 aliphatic heterocycles. The molecule has 0 fully saturated rings. The number of carbonyl (C=O) groups is 2. The zero-order chi connectivity index (χ0) is 28.3. The maximum Gasteiger partial charge on any atom is 0.475 e. The van der Waals surface area contributed by atoms with E-state index in [-0.39, 0.29) is 19.4 Å². The summed E-state index contributed by atoms with van der Waals surface area (Å²) in [5, 5.41) is 25.7. The van der Waals surface area contributed by atoms with Crippen LogP contribution < -0.4 is 15.4 Å². The topological polar surface area (TPSA) is 108 Å². The molecule has 0 aliphatic rings. The predicted molar refractivity (Wildman–Crippen MR) is 156 cm³/mol. The first-order chi connectivity index (χ1) is 19.4. The molecular weight excluding hydrogens is 503 g/mol. The first-order valence-electron chi connectivity index (χ1n) is 13.2. The maximum atomic E-state index is 13.4. The van der Waals surface area contributed by atoms with Crippen molar-refractivity contribution in [3.05, 3.63) is 126 Å². The quantitative estimate of drug-likeness (QED) is 0.164. The first-order valence-corrected chi connectivity index (χ1v) is 13.2. The second-order valence-electron chi connectivity index (χ2n) is 9.61. The highest BCUT2D eigenvalue weighted by Crippen LogP contribution is 2.20. The van der Waals surface area contributed by atoms with Gasteiger partial charge in [-0.3, -0.25) is 9.59 Å². The van der Waals surface area contributed by atoms with Gasteiger partial charge in [-0.25, -0.2) is 0 Å². The second kappa shape index (κ2) is 14.1. The molecule has 40 heavy (non-hydrogen) atoms. The Bertz CT molecular complexity index is 1380. The van der Waals surface area contributed by atoms with Crippen LogP contribution in [0.2, 0.25) is 0 Å². The van der Waals surface area contributed by atoms with Gasteiger partial charge in [-0.2, -0.15) is 0 Å². The highest BCUT2D eigenvalue weighted by molar-refractivity contribution is 6.43. The highest BCUT2D eigenvalue weighted by atomic mass is 16.5. The van der Waals surface area contributed by atoms with Crippen molar-refractivity contribution < 1.29 is 24.4 Å². The number of benzene rings is 4.